The van der Waals surface area contributed by atoms with Crippen molar-refractivity contribution in [3.8, 4) is 11.5 Å². The van der Waals surface area contributed by atoms with Crippen LogP contribution in [0.5, 0.6) is 11.5 Å². The van der Waals surface area contributed by atoms with Gasteiger partial charge in [-0.15, -0.1) is 0 Å². The number of hydrogen-bond acceptors (Lipinski definition) is 5. The van der Waals surface area contributed by atoms with Crippen LogP contribution < -0.4 is 9.47 Å². The molecule has 1 aromatic rings. The van der Waals surface area contributed by atoms with Crippen molar-refractivity contribution in [1.82, 2.24) is 0 Å². The van der Waals surface area contributed by atoms with Gasteiger partial charge in [-0.1, -0.05) is 53.4 Å². The molecule has 5 nitrogen and oxygen atoms in total. The zero-order valence-corrected chi connectivity index (χ0v) is 20.1. The SMILES string of the molecule is CCCC.CCCCOCCOCCOCc1cc2c(cc1CCC)OCO2.[Al]. The first-order chi connectivity index (χ1) is 13.8. The molecule has 0 fully saturated rings. The normalized spacial score (nSPS) is 11.6. The van der Waals surface area contributed by atoms with Crippen molar-refractivity contribution in [3.63, 3.8) is 0 Å². The fourth-order valence-corrected chi connectivity index (χ4v) is 2.53. The van der Waals surface area contributed by atoms with Gasteiger partial charge in [0.2, 0.25) is 6.79 Å². The van der Waals surface area contributed by atoms with Gasteiger partial charge in [-0.2, -0.15) is 0 Å². The Bertz CT molecular complexity index is 508. The highest BCUT2D eigenvalue weighted by molar-refractivity contribution is 5.75. The molecule has 0 amide bonds. The van der Waals surface area contributed by atoms with E-state index in [1.54, 1.807) is 0 Å². The molecule has 0 aliphatic carbocycles. The average Bonchev–Trinajstić information content (AvgIpc) is 3.17. The van der Waals surface area contributed by atoms with Gasteiger partial charge in [-0.25, -0.2) is 0 Å². The Balaban J connectivity index is 0.00000143. The Hall–Kier alpha value is -0.768. The zero-order chi connectivity index (χ0) is 20.5. The molecule has 0 N–H and O–H groups in total. The van der Waals surface area contributed by atoms with E-state index in [2.05, 4.69) is 33.8 Å². The molecule has 0 bridgehead atoms. The summed E-state index contributed by atoms with van der Waals surface area (Å²) in [5.41, 5.74) is 2.44. The Morgan fingerprint density at radius 3 is 1.79 bits per heavy atom. The molecule has 1 heterocycles. The fraction of sp³-hybridized carbons (Fsp3) is 0.739. The van der Waals surface area contributed by atoms with Gasteiger partial charge in [0.1, 0.15) is 0 Å². The molecule has 0 saturated carbocycles. The van der Waals surface area contributed by atoms with Gasteiger partial charge in [0.25, 0.3) is 0 Å². The molecule has 1 aromatic carbocycles. The van der Waals surface area contributed by atoms with E-state index in [4.69, 9.17) is 23.7 Å². The van der Waals surface area contributed by atoms with Crippen LogP contribution in [-0.2, 0) is 27.2 Å². The van der Waals surface area contributed by atoms with Crippen LogP contribution in [0.4, 0.5) is 0 Å². The maximum absolute atomic E-state index is 5.75. The monoisotopic (exact) mass is 423 g/mol. The van der Waals surface area contributed by atoms with E-state index < -0.39 is 0 Å². The van der Waals surface area contributed by atoms with Crippen LogP contribution in [0.1, 0.15) is 70.9 Å². The van der Waals surface area contributed by atoms with Crippen LogP contribution in [-0.4, -0.2) is 57.2 Å². The van der Waals surface area contributed by atoms with Gasteiger partial charge < -0.3 is 23.7 Å². The molecule has 3 radical (unpaired) electrons. The second-order valence-corrected chi connectivity index (χ2v) is 6.86. The predicted molar refractivity (Wildman–Crippen MR) is 119 cm³/mol. The lowest BCUT2D eigenvalue weighted by atomic mass is 10.0. The first-order valence-corrected chi connectivity index (χ1v) is 10.9. The quantitative estimate of drug-likeness (QED) is 0.306. The molecule has 6 heteroatoms. The van der Waals surface area contributed by atoms with Gasteiger partial charge in [0.15, 0.2) is 11.5 Å². The van der Waals surface area contributed by atoms with Gasteiger partial charge in [0.05, 0.1) is 33.0 Å². The van der Waals surface area contributed by atoms with Crippen LogP contribution in [0.15, 0.2) is 12.1 Å². The van der Waals surface area contributed by atoms with E-state index in [-0.39, 0.29) is 17.4 Å². The first kappa shape index (κ1) is 28.2. The minimum absolute atomic E-state index is 0. The van der Waals surface area contributed by atoms with Crippen LogP contribution in [0.2, 0.25) is 0 Å². The summed E-state index contributed by atoms with van der Waals surface area (Å²) in [4.78, 5) is 0. The molecule has 1 aliphatic rings. The van der Waals surface area contributed by atoms with Crippen molar-refractivity contribution in [2.24, 2.45) is 0 Å². The third-order valence-corrected chi connectivity index (χ3v) is 4.36. The van der Waals surface area contributed by atoms with E-state index in [1.807, 2.05) is 6.07 Å². The molecule has 29 heavy (non-hydrogen) atoms. The summed E-state index contributed by atoms with van der Waals surface area (Å²) in [5, 5.41) is 0. The second-order valence-electron chi connectivity index (χ2n) is 6.86. The van der Waals surface area contributed by atoms with Crippen molar-refractivity contribution in [1.29, 1.82) is 0 Å². The van der Waals surface area contributed by atoms with Crippen LogP contribution in [0.25, 0.3) is 0 Å². The number of ether oxygens (including phenoxy) is 5. The number of aryl methyl sites for hydroxylation is 1. The van der Waals surface area contributed by atoms with Crippen LogP contribution >= 0.6 is 0 Å². The Labute approximate surface area is 188 Å². The highest BCUT2D eigenvalue weighted by atomic mass is 27.0. The molecule has 0 aromatic heterocycles. The van der Waals surface area contributed by atoms with Crippen LogP contribution in [0, 0.1) is 0 Å². The summed E-state index contributed by atoms with van der Waals surface area (Å²) in [7, 11) is 0. The maximum atomic E-state index is 5.75. The molecule has 0 spiro atoms. The van der Waals surface area contributed by atoms with Gasteiger partial charge in [0, 0.05) is 24.0 Å². The summed E-state index contributed by atoms with van der Waals surface area (Å²) >= 11 is 0. The molecule has 0 atom stereocenters. The third-order valence-electron chi connectivity index (χ3n) is 4.36. The minimum atomic E-state index is 0. The molecule has 0 unspecified atom stereocenters. The van der Waals surface area contributed by atoms with E-state index in [1.165, 1.54) is 24.0 Å². The number of rotatable bonds is 14. The summed E-state index contributed by atoms with van der Waals surface area (Å²) in [5.74, 6) is 1.66. The fourth-order valence-electron chi connectivity index (χ4n) is 2.53. The third kappa shape index (κ3) is 12.5. The number of hydrogen-bond donors (Lipinski definition) is 0. The predicted octanol–water partition coefficient (Wildman–Crippen LogP) is 5.14. The largest absolute Gasteiger partial charge is 0.454 e. The summed E-state index contributed by atoms with van der Waals surface area (Å²) in [6, 6.07) is 4.12. The Morgan fingerprint density at radius 2 is 1.24 bits per heavy atom. The Kier molecular flexibility index (Phi) is 18.7. The molecule has 165 valence electrons. The average molecular weight is 424 g/mol. The molecular weight excluding hydrogens is 383 g/mol. The minimum Gasteiger partial charge on any atom is -0.454 e. The molecule has 0 saturated heterocycles. The van der Waals surface area contributed by atoms with Gasteiger partial charge in [-0.05, 0) is 36.1 Å². The van der Waals surface area contributed by atoms with Crippen LogP contribution in [0.3, 0.4) is 0 Å². The topological polar surface area (TPSA) is 46.2 Å². The number of unbranched alkanes of at least 4 members (excludes halogenated alkanes) is 2. The molecular formula is C23H40AlO5. The van der Waals surface area contributed by atoms with Gasteiger partial charge >= 0.3 is 0 Å². The van der Waals surface area contributed by atoms with E-state index >= 15 is 0 Å². The van der Waals surface area contributed by atoms with Crippen molar-refractivity contribution < 1.29 is 23.7 Å². The summed E-state index contributed by atoms with van der Waals surface area (Å²) in [6.07, 6.45) is 7.02. The zero-order valence-electron chi connectivity index (χ0n) is 19.0. The van der Waals surface area contributed by atoms with E-state index in [0.29, 0.717) is 39.8 Å². The lowest BCUT2D eigenvalue weighted by Crippen LogP contribution is -2.10. The Morgan fingerprint density at radius 1 is 0.690 bits per heavy atom. The lowest BCUT2D eigenvalue weighted by Gasteiger charge is -2.11. The maximum Gasteiger partial charge on any atom is 0.231 e. The van der Waals surface area contributed by atoms with Crippen molar-refractivity contribution in [2.45, 2.75) is 72.8 Å². The highest BCUT2D eigenvalue weighted by Gasteiger charge is 2.16. The molecule has 2 rings (SSSR count). The lowest BCUT2D eigenvalue weighted by molar-refractivity contribution is 0.0101. The number of benzene rings is 1. The van der Waals surface area contributed by atoms with E-state index in [0.717, 1.165) is 43.8 Å². The van der Waals surface area contributed by atoms with Crippen molar-refractivity contribution >= 4 is 17.4 Å². The summed E-state index contributed by atoms with van der Waals surface area (Å²) < 4.78 is 27.6. The standard InChI is InChI=1S/C19H30O5.C4H10.Al/c1-3-5-7-20-8-9-21-10-11-22-14-17-13-19-18(23-15-24-19)12-16(17)6-4-2;1-3-4-2;/h12-13H,3-11,14-15H2,1-2H3;3-4H2,1-2H3;. The smallest absolute Gasteiger partial charge is 0.231 e. The van der Waals surface area contributed by atoms with Crippen molar-refractivity contribution in [2.75, 3.05) is 39.8 Å². The first-order valence-electron chi connectivity index (χ1n) is 10.9. The van der Waals surface area contributed by atoms with Gasteiger partial charge in [-0.3, -0.25) is 0 Å². The second kappa shape index (κ2) is 19.2. The van der Waals surface area contributed by atoms with E-state index in [9.17, 15) is 0 Å². The van der Waals surface area contributed by atoms with Crippen molar-refractivity contribution in [3.05, 3.63) is 23.3 Å². The highest BCUT2D eigenvalue weighted by Crippen LogP contribution is 2.35. The summed E-state index contributed by atoms with van der Waals surface area (Å²) in [6.45, 7) is 12.8. The number of fused-ring (bicyclic) bond motifs is 1. The molecule has 1 aliphatic heterocycles.